The van der Waals surface area contributed by atoms with Crippen molar-refractivity contribution in [2.75, 3.05) is 4.90 Å². The first-order chi connectivity index (χ1) is 38.1. The second-order valence-electron chi connectivity index (χ2n) is 22.8. The minimum Gasteiger partial charge on any atom is -0.310 e. The summed E-state index contributed by atoms with van der Waals surface area (Å²) < 4.78 is 2.63. The SMILES string of the molecule is c1ccc2c(c1)-c1ccc(N(c3ccc(-c4ccc5cc(-c6ccc7ccccc7c6)ccc5c4)cc3)c3ccc4c(c3)sc3ccccc34)cc1C21c2cc(C3CCCCC3)ccc2-c2ccc(C3CCCCC3)cc21. The van der Waals surface area contributed by atoms with Crippen LogP contribution in [0.2, 0.25) is 0 Å². The molecular formula is C75H59NS. The van der Waals surface area contributed by atoms with Crippen LogP contribution < -0.4 is 4.90 Å². The molecule has 0 amide bonds. The molecule has 4 aliphatic rings. The van der Waals surface area contributed by atoms with Gasteiger partial charge in [0.15, 0.2) is 0 Å². The van der Waals surface area contributed by atoms with Crippen LogP contribution in [0.15, 0.2) is 224 Å². The van der Waals surface area contributed by atoms with Crippen molar-refractivity contribution < 1.29 is 0 Å². The zero-order chi connectivity index (χ0) is 50.6. The van der Waals surface area contributed by atoms with Gasteiger partial charge in [0, 0.05) is 37.2 Å². The molecule has 4 aliphatic carbocycles. The molecule has 0 saturated heterocycles. The standard InChI is InChI=1S/C75H59NS/c1-3-13-48(14-4-1)58-31-37-64-65-38-32-59(49-15-5-2-6-16-49)45-71(65)75(70(64)44-58)69-21-11-9-19-63(69)66-39-35-61(46-72(66)75)76(62-36-40-68-67-20-10-12-22-73(67)77-74(68)47-62)60-33-29-51(30-34-60)53-25-26-56-43-57(28-27-55(56)42-53)54-24-23-50-17-7-8-18-52(50)41-54/h7-12,17-49H,1-6,13-16H2. The Bertz CT molecular complexity index is 4250. The van der Waals surface area contributed by atoms with Gasteiger partial charge >= 0.3 is 0 Å². The molecule has 2 fully saturated rings. The number of hydrogen-bond donors (Lipinski definition) is 0. The Labute approximate surface area is 456 Å². The third-order valence-corrected chi connectivity index (χ3v) is 19.8. The van der Waals surface area contributed by atoms with Crippen molar-refractivity contribution in [3.05, 3.63) is 258 Å². The van der Waals surface area contributed by atoms with Gasteiger partial charge in [0.05, 0.1) is 5.41 Å². The van der Waals surface area contributed by atoms with Gasteiger partial charge in [0.2, 0.25) is 0 Å². The van der Waals surface area contributed by atoms with Gasteiger partial charge in [-0.3, -0.25) is 0 Å². The van der Waals surface area contributed by atoms with Crippen LogP contribution in [0.5, 0.6) is 0 Å². The summed E-state index contributed by atoms with van der Waals surface area (Å²) in [5.74, 6) is 1.22. The lowest BCUT2D eigenvalue weighted by Crippen LogP contribution is -2.27. The summed E-state index contributed by atoms with van der Waals surface area (Å²) in [6, 6.07) is 87.0. The van der Waals surface area contributed by atoms with E-state index in [4.69, 9.17) is 0 Å². The highest BCUT2D eigenvalue weighted by molar-refractivity contribution is 7.25. The van der Waals surface area contributed by atoms with Crippen LogP contribution >= 0.6 is 11.3 Å². The Balaban J connectivity index is 0.850. The Kier molecular flexibility index (Phi) is 10.6. The number of hydrogen-bond acceptors (Lipinski definition) is 2. The van der Waals surface area contributed by atoms with Gasteiger partial charge in [-0.15, -0.1) is 11.3 Å². The molecule has 1 aromatic heterocycles. The van der Waals surface area contributed by atoms with Crippen LogP contribution in [-0.2, 0) is 5.41 Å². The van der Waals surface area contributed by atoms with Crippen molar-refractivity contribution in [2.45, 2.75) is 81.5 Å². The average molecular weight is 1010 g/mol. The second kappa shape index (κ2) is 18.0. The van der Waals surface area contributed by atoms with E-state index in [0.29, 0.717) is 11.8 Å². The summed E-state index contributed by atoms with van der Waals surface area (Å²) >= 11 is 1.89. The van der Waals surface area contributed by atoms with Crippen LogP contribution in [0.1, 0.15) is 109 Å². The average Bonchev–Trinajstić information content (AvgIpc) is 4.29. The predicted octanol–water partition coefficient (Wildman–Crippen LogP) is 21.6. The van der Waals surface area contributed by atoms with Crippen LogP contribution in [0.4, 0.5) is 17.1 Å². The molecule has 12 aromatic rings. The van der Waals surface area contributed by atoms with Crippen molar-refractivity contribution in [3.63, 3.8) is 0 Å². The molecule has 0 bridgehead atoms. The molecule has 1 heterocycles. The highest BCUT2D eigenvalue weighted by atomic mass is 32.1. The van der Waals surface area contributed by atoms with E-state index < -0.39 is 5.41 Å². The van der Waals surface area contributed by atoms with Gasteiger partial charge in [-0.2, -0.15) is 0 Å². The summed E-state index contributed by atoms with van der Waals surface area (Å²) in [5.41, 5.74) is 22.3. The molecule has 370 valence electrons. The molecule has 77 heavy (non-hydrogen) atoms. The summed E-state index contributed by atoms with van der Waals surface area (Å²) in [6.45, 7) is 0. The van der Waals surface area contributed by atoms with Gasteiger partial charge in [0.1, 0.15) is 0 Å². The molecule has 1 nitrogen and oxygen atoms in total. The molecule has 0 unspecified atom stereocenters. The maximum absolute atomic E-state index is 2.69. The Morgan fingerprint density at radius 3 is 1.45 bits per heavy atom. The van der Waals surface area contributed by atoms with E-state index in [1.165, 1.54) is 195 Å². The van der Waals surface area contributed by atoms with E-state index in [1.807, 2.05) is 11.3 Å². The quantitative estimate of drug-likeness (QED) is 0.154. The molecule has 0 atom stereocenters. The molecule has 2 heteroatoms. The first-order valence-electron chi connectivity index (χ1n) is 28.5. The fourth-order valence-electron chi connectivity index (χ4n) is 14.8. The molecule has 16 rings (SSSR count). The van der Waals surface area contributed by atoms with Crippen LogP contribution in [0, 0.1) is 0 Å². The highest BCUT2D eigenvalue weighted by Gasteiger charge is 2.52. The molecule has 2 saturated carbocycles. The van der Waals surface area contributed by atoms with E-state index in [1.54, 1.807) is 0 Å². The normalized spacial score (nSPS) is 15.8. The van der Waals surface area contributed by atoms with Crippen molar-refractivity contribution >= 4 is 70.1 Å². The number of fused-ring (bicyclic) bond motifs is 15. The number of nitrogens with zero attached hydrogens (tertiary/aromatic N) is 1. The van der Waals surface area contributed by atoms with Crippen LogP contribution in [0.25, 0.3) is 86.2 Å². The molecule has 0 aliphatic heterocycles. The van der Waals surface area contributed by atoms with Gasteiger partial charge in [-0.05, 0) is 198 Å². The molecule has 1 spiro atoms. The Morgan fingerprint density at radius 2 is 0.779 bits per heavy atom. The zero-order valence-corrected chi connectivity index (χ0v) is 44.3. The van der Waals surface area contributed by atoms with Gasteiger partial charge in [0.25, 0.3) is 0 Å². The summed E-state index contributed by atoms with van der Waals surface area (Å²) in [6.07, 6.45) is 13.2. The lowest BCUT2D eigenvalue weighted by Gasteiger charge is -2.33. The maximum atomic E-state index is 2.69. The van der Waals surface area contributed by atoms with E-state index >= 15 is 0 Å². The summed E-state index contributed by atoms with van der Waals surface area (Å²) in [5, 5.41) is 7.67. The van der Waals surface area contributed by atoms with E-state index in [0.717, 1.165) is 5.69 Å². The smallest absolute Gasteiger partial charge is 0.0726 e. The first-order valence-corrected chi connectivity index (χ1v) is 29.3. The van der Waals surface area contributed by atoms with Crippen molar-refractivity contribution in [1.82, 2.24) is 0 Å². The first kappa shape index (κ1) is 45.2. The lowest BCUT2D eigenvalue weighted by atomic mass is 9.69. The minimum absolute atomic E-state index is 0.445. The largest absolute Gasteiger partial charge is 0.310 e. The number of rotatable bonds is 7. The zero-order valence-electron chi connectivity index (χ0n) is 43.4. The van der Waals surface area contributed by atoms with Crippen molar-refractivity contribution in [1.29, 1.82) is 0 Å². The lowest BCUT2D eigenvalue weighted by molar-refractivity contribution is 0.443. The topological polar surface area (TPSA) is 3.24 Å². The third-order valence-electron chi connectivity index (χ3n) is 18.6. The molecular weight excluding hydrogens is 947 g/mol. The Morgan fingerprint density at radius 1 is 0.312 bits per heavy atom. The minimum atomic E-state index is -0.445. The second-order valence-corrected chi connectivity index (χ2v) is 23.9. The molecule has 0 radical (unpaired) electrons. The predicted molar refractivity (Wildman–Crippen MR) is 328 cm³/mol. The van der Waals surface area contributed by atoms with E-state index in [2.05, 4.69) is 229 Å². The van der Waals surface area contributed by atoms with Gasteiger partial charge in [-0.1, -0.05) is 202 Å². The van der Waals surface area contributed by atoms with Crippen molar-refractivity contribution in [2.24, 2.45) is 0 Å². The van der Waals surface area contributed by atoms with E-state index in [-0.39, 0.29) is 0 Å². The van der Waals surface area contributed by atoms with Crippen LogP contribution in [-0.4, -0.2) is 0 Å². The van der Waals surface area contributed by atoms with Crippen LogP contribution in [0.3, 0.4) is 0 Å². The number of anilines is 3. The van der Waals surface area contributed by atoms with E-state index in [9.17, 15) is 0 Å². The Hall–Kier alpha value is -8.04. The number of benzene rings is 11. The van der Waals surface area contributed by atoms with Gasteiger partial charge < -0.3 is 4.90 Å². The fourth-order valence-corrected chi connectivity index (χ4v) is 15.9. The molecule has 0 N–H and O–H groups in total. The number of thiophene rings is 1. The summed E-state index contributed by atoms with van der Waals surface area (Å²) in [4.78, 5) is 2.53. The monoisotopic (exact) mass is 1010 g/mol. The maximum Gasteiger partial charge on any atom is 0.0726 e. The van der Waals surface area contributed by atoms with Gasteiger partial charge in [-0.25, -0.2) is 0 Å². The molecule has 11 aromatic carbocycles. The summed E-state index contributed by atoms with van der Waals surface area (Å²) in [7, 11) is 0. The third kappa shape index (κ3) is 7.25. The highest BCUT2D eigenvalue weighted by Crippen LogP contribution is 2.64. The van der Waals surface area contributed by atoms with Crippen molar-refractivity contribution in [3.8, 4) is 44.5 Å². The fraction of sp³-hybridized carbons (Fsp3) is 0.173.